The summed E-state index contributed by atoms with van der Waals surface area (Å²) in [6.07, 6.45) is 2.28. The maximum absolute atomic E-state index is 6.12. The molecule has 2 aliphatic heterocycles. The first kappa shape index (κ1) is 15.2. The molecule has 0 bridgehead atoms. The fourth-order valence-corrected chi connectivity index (χ4v) is 4.15. The van der Waals surface area contributed by atoms with Crippen molar-refractivity contribution in [2.45, 2.75) is 31.8 Å². The van der Waals surface area contributed by atoms with Crippen LogP contribution >= 0.6 is 0 Å². The number of aryl methyl sites for hydroxylation is 1. The Hall–Kier alpha value is -1.36. The van der Waals surface area contributed by atoms with E-state index in [0.717, 1.165) is 63.6 Å². The summed E-state index contributed by atoms with van der Waals surface area (Å²) in [4.78, 5) is 5.12. The topological polar surface area (TPSA) is 28.9 Å². The first-order chi connectivity index (χ1) is 11.2. The van der Waals surface area contributed by atoms with Crippen LogP contribution in [0.2, 0.25) is 0 Å². The molecule has 0 radical (unpaired) electrons. The number of furan rings is 1. The SMILES string of the molecule is Cc1c(CN2CCN(C)C3(CCOCC3)C2)oc2ccccc12. The number of fused-ring (bicyclic) bond motifs is 1. The zero-order chi connectivity index (χ0) is 15.9. The number of para-hydroxylation sites is 1. The molecule has 2 aliphatic rings. The highest BCUT2D eigenvalue weighted by Crippen LogP contribution is 2.32. The monoisotopic (exact) mass is 314 g/mol. The third-order valence-electron chi connectivity index (χ3n) is 5.81. The van der Waals surface area contributed by atoms with E-state index in [1.807, 2.05) is 6.07 Å². The molecule has 2 aromatic rings. The Morgan fingerprint density at radius 1 is 1.13 bits per heavy atom. The molecule has 1 aromatic heterocycles. The second-order valence-corrected chi connectivity index (χ2v) is 7.12. The number of piperazine rings is 1. The van der Waals surface area contributed by atoms with E-state index in [1.54, 1.807) is 0 Å². The van der Waals surface area contributed by atoms with Crippen molar-refractivity contribution in [1.29, 1.82) is 0 Å². The van der Waals surface area contributed by atoms with Crippen molar-refractivity contribution >= 4 is 11.0 Å². The number of hydrogen-bond acceptors (Lipinski definition) is 4. The van der Waals surface area contributed by atoms with Crippen molar-refractivity contribution in [2.75, 3.05) is 39.9 Å². The van der Waals surface area contributed by atoms with Crippen LogP contribution in [0.15, 0.2) is 28.7 Å². The van der Waals surface area contributed by atoms with E-state index < -0.39 is 0 Å². The molecule has 0 aliphatic carbocycles. The number of nitrogens with zero attached hydrogens (tertiary/aromatic N) is 2. The zero-order valence-corrected chi connectivity index (χ0v) is 14.2. The van der Waals surface area contributed by atoms with Crippen LogP contribution in [0.1, 0.15) is 24.2 Å². The molecule has 0 amide bonds. The van der Waals surface area contributed by atoms with Crippen LogP contribution in [-0.4, -0.2) is 55.2 Å². The predicted molar refractivity (Wildman–Crippen MR) is 91.6 cm³/mol. The van der Waals surface area contributed by atoms with Crippen LogP contribution in [0.3, 0.4) is 0 Å². The van der Waals surface area contributed by atoms with E-state index in [9.17, 15) is 0 Å². The quantitative estimate of drug-likeness (QED) is 0.852. The van der Waals surface area contributed by atoms with Crippen molar-refractivity contribution in [1.82, 2.24) is 9.80 Å². The molecule has 4 rings (SSSR count). The summed E-state index contributed by atoms with van der Waals surface area (Å²) in [7, 11) is 2.27. The summed E-state index contributed by atoms with van der Waals surface area (Å²) in [5, 5.41) is 1.25. The fraction of sp³-hybridized carbons (Fsp3) is 0.579. The molecule has 1 spiro atoms. The fourth-order valence-electron chi connectivity index (χ4n) is 4.15. The van der Waals surface area contributed by atoms with Gasteiger partial charge in [-0.2, -0.15) is 0 Å². The van der Waals surface area contributed by atoms with E-state index in [2.05, 4.69) is 42.0 Å². The van der Waals surface area contributed by atoms with Gasteiger partial charge in [-0.3, -0.25) is 9.80 Å². The third-order valence-corrected chi connectivity index (χ3v) is 5.81. The van der Waals surface area contributed by atoms with Gasteiger partial charge in [0.25, 0.3) is 0 Å². The van der Waals surface area contributed by atoms with Crippen molar-refractivity contribution in [2.24, 2.45) is 0 Å². The van der Waals surface area contributed by atoms with Gasteiger partial charge in [0, 0.05) is 43.8 Å². The highest BCUT2D eigenvalue weighted by Gasteiger charge is 2.41. The molecular formula is C19H26N2O2. The molecule has 124 valence electrons. The average molecular weight is 314 g/mol. The van der Waals surface area contributed by atoms with Crippen LogP contribution in [0.25, 0.3) is 11.0 Å². The van der Waals surface area contributed by atoms with Gasteiger partial charge in [0.2, 0.25) is 0 Å². The minimum Gasteiger partial charge on any atom is -0.459 e. The Balaban J connectivity index is 1.55. The maximum Gasteiger partial charge on any atom is 0.134 e. The lowest BCUT2D eigenvalue weighted by Crippen LogP contribution is -2.62. The van der Waals surface area contributed by atoms with E-state index in [-0.39, 0.29) is 5.54 Å². The molecule has 2 saturated heterocycles. The summed E-state index contributed by atoms with van der Waals surface area (Å²) in [5.74, 6) is 1.12. The van der Waals surface area contributed by atoms with Crippen LogP contribution < -0.4 is 0 Å². The first-order valence-electron chi connectivity index (χ1n) is 8.66. The van der Waals surface area contributed by atoms with Crippen LogP contribution in [0.5, 0.6) is 0 Å². The molecule has 0 unspecified atom stereocenters. The third kappa shape index (κ3) is 2.69. The van der Waals surface area contributed by atoms with Gasteiger partial charge in [-0.25, -0.2) is 0 Å². The highest BCUT2D eigenvalue weighted by molar-refractivity contribution is 5.81. The van der Waals surface area contributed by atoms with E-state index in [1.165, 1.54) is 10.9 Å². The maximum atomic E-state index is 6.12. The molecule has 1 aromatic carbocycles. The highest BCUT2D eigenvalue weighted by atomic mass is 16.5. The summed E-state index contributed by atoms with van der Waals surface area (Å²) in [5.41, 5.74) is 2.59. The second kappa shape index (κ2) is 5.93. The molecule has 0 saturated carbocycles. The lowest BCUT2D eigenvalue weighted by atomic mass is 9.86. The Kier molecular flexibility index (Phi) is 3.92. The number of likely N-dealkylation sites (N-methyl/N-ethyl adjacent to an activating group) is 1. The minimum atomic E-state index is 0.288. The van der Waals surface area contributed by atoms with Crippen molar-refractivity contribution in [3.63, 3.8) is 0 Å². The number of hydrogen-bond donors (Lipinski definition) is 0. The molecule has 4 nitrogen and oxygen atoms in total. The van der Waals surface area contributed by atoms with Gasteiger partial charge in [0.05, 0.1) is 6.54 Å². The Morgan fingerprint density at radius 3 is 2.70 bits per heavy atom. The van der Waals surface area contributed by atoms with Crippen molar-refractivity contribution in [3.05, 3.63) is 35.6 Å². The van der Waals surface area contributed by atoms with Gasteiger partial charge in [-0.05, 0) is 38.4 Å². The molecule has 0 N–H and O–H groups in total. The lowest BCUT2D eigenvalue weighted by molar-refractivity contribution is -0.0635. The van der Waals surface area contributed by atoms with E-state index in [4.69, 9.17) is 9.15 Å². The summed E-state index contributed by atoms with van der Waals surface area (Å²) >= 11 is 0. The predicted octanol–water partition coefficient (Wildman–Crippen LogP) is 3.04. The molecule has 0 atom stereocenters. The first-order valence-corrected chi connectivity index (χ1v) is 8.66. The molecule has 3 heterocycles. The standard InChI is InChI=1S/C19H26N2O2/c1-15-16-5-3-4-6-17(16)23-18(15)13-21-10-9-20(2)19(14-21)7-11-22-12-8-19/h3-6H,7-14H2,1-2H3. The van der Waals surface area contributed by atoms with Gasteiger partial charge >= 0.3 is 0 Å². The Bertz CT molecular complexity index is 688. The Labute approximate surface area is 138 Å². The van der Waals surface area contributed by atoms with Gasteiger partial charge < -0.3 is 9.15 Å². The van der Waals surface area contributed by atoms with Crippen LogP contribution in [0.4, 0.5) is 0 Å². The molecule has 4 heteroatoms. The number of benzene rings is 1. The molecule has 23 heavy (non-hydrogen) atoms. The lowest BCUT2D eigenvalue weighted by Gasteiger charge is -2.51. The van der Waals surface area contributed by atoms with Gasteiger partial charge in [0.15, 0.2) is 0 Å². The zero-order valence-electron chi connectivity index (χ0n) is 14.2. The van der Waals surface area contributed by atoms with E-state index >= 15 is 0 Å². The van der Waals surface area contributed by atoms with Gasteiger partial charge in [-0.15, -0.1) is 0 Å². The van der Waals surface area contributed by atoms with Gasteiger partial charge in [-0.1, -0.05) is 18.2 Å². The summed E-state index contributed by atoms with van der Waals surface area (Å²) in [6, 6.07) is 8.35. The smallest absolute Gasteiger partial charge is 0.134 e. The van der Waals surface area contributed by atoms with Crippen LogP contribution in [-0.2, 0) is 11.3 Å². The van der Waals surface area contributed by atoms with Gasteiger partial charge in [0.1, 0.15) is 11.3 Å². The minimum absolute atomic E-state index is 0.288. The second-order valence-electron chi connectivity index (χ2n) is 7.12. The molecule has 2 fully saturated rings. The number of rotatable bonds is 2. The molecular weight excluding hydrogens is 288 g/mol. The summed E-state index contributed by atoms with van der Waals surface area (Å²) in [6.45, 7) is 8.22. The van der Waals surface area contributed by atoms with Crippen LogP contribution in [0, 0.1) is 6.92 Å². The van der Waals surface area contributed by atoms with E-state index in [0.29, 0.717) is 0 Å². The number of ether oxygens (including phenoxy) is 1. The normalized spacial score (nSPS) is 22.9. The largest absolute Gasteiger partial charge is 0.459 e. The van der Waals surface area contributed by atoms with Crippen molar-refractivity contribution in [3.8, 4) is 0 Å². The summed E-state index contributed by atoms with van der Waals surface area (Å²) < 4.78 is 11.7. The average Bonchev–Trinajstić information content (AvgIpc) is 2.89. The Morgan fingerprint density at radius 2 is 1.91 bits per heavy atom. The van der Waals surface area contributed by atoms with Crippen molar-refractivity contribution < 1.29 is 9.15 Å².